The summed E-state index contributed by atoms with van der Waals surface area (Å²) in [5.41, 5.74) is 6.46. The summed E-state index contributed by atoms with van der Waals surface area (Å²) in [5.74, 6) is 0.0897. The number of anilines is 1. The number of carbonyl (C=O) groups is 1. The van der Waals surface area contributed by atoms with Gasteiger partial charge < -0.3 is 16.3 Å². The summed E-state index contributed by atoms with van der Waals surface area (Å²) in [5, 5.41) is 21.1. The quantitative estimate of drug-likeness (QED) is 0.570. The van der Waals surface area contributed by atoms with Crippen molar-refractivity contribution in [3.05, 3.63) is 29.5 Å². The SMILES string of the molecule is CC(C)CC(N)C(=O)Nc1ccc([NH+]([O-])O)cc1. The van der Waals surface area contributed by atoms with Crippen LogP contribution in [0.3, 0.4) is 0 Å². The number of hydrogen-bond donors (Lipinski definition) is 4. The Morgan fingerprint density at radius 1 is 1.44 bits per heavy atom. The highest BCUT2D eigenvalue weighted by atomic mass is 16.8. The molecule has 0 saturated heterocycles. The van der Waals surface area contributed by atoms with Crippen molar-refractivity contribution in [1.82, 2.24) is 0 Å². The third-order valence-corrected chi connectivity index (χ3v) is 2.46. The highest BCUT2D eigenvalue weighted by Crippen LogP contribution is 2.11. The standard InChI is InChI=1S/C12H19N3O3/c1-8(2)7-11(13)12(16)14-9-3-5-10(6-4-9)15(17)18/h3-6,8,11,15,17H,7,13H2,1-2H3,(H,14,16). The Bertz CT molecular complexity index is 390. The van der Waals surface area contributed by atoms with E-state index >= 15 is 0 Å². The summed E-state index contributed by atoms with van der Waals surface area (Å²) < 4.78 is 0. The Kier molecular flexibility index (Phi) is 5.24. The van der Waals surface area contributed by atoms with E-state index in [2.05, 4.69) is 5.32 Å². The van der Waals surface area contributed by atoms with Crippen LogP contribution in [0.1, 0.15) is 20.3 Å². The molecule has 18 heavy (non-hydrogen) atoms. The fourth-order valence-corrected chi connectivity index (χ4v) is 1.55. The molecule has 0 aliphatic carbocycles. The molecule has 0 heterocycles. The number of carbonyl (C=O) groups excluding carboxylic acids is 1. The van der Waals surface area contributed by atoms with E-state index < -0.39 is 11.3 Å². The van der Waals surface area contributed by atoms with Gasteiger partial charge in [0.05, 0.1) is 6.04 Å². The molecule has 100 valence electrons. The number of rotatable bonds is 5. The molecule has 6 nitrogen and oxygen atoms in total. The minimum absolute atomic E-state index is 0.180. The van der Waals surface area contributed by atoms with E-state index in [9.17, 15) is 10.0 Å². The Labute approximate surface area is 106 Å². The molecule has 2 unspecified atom stereocenters. The van der Waals surface area contributed by atoms with E-state index in [0.29, 0.717) is 18.0 Å². The maximum Gasteiger partial charge on any atom is 0.241 e. The zero-order valence-electron chi connectivity index (χ0n) is 10.5. The predicted octanol–water partition coefficient (Wildman–Crippen LogP) is 0.402. The average molecular weight is 253 g/mol. The number of hydrogen-bond acceptors (Lipinski definition) is 4. The van der Waals surface area contributed by atoms with Crippen LogP contribution in [0.25, 0.3) is 0 Å². The minimum atomic E-state index is -0.996. The first kappa shape index (κ1) is 14.6. The molecular formula is C12H19N3O3. The third kappa shape index (κ3) is 4.42. The van der Waals surface area contributed by atoms with E-state index in [0.717, 1.165) is 0 Å². The summed E-state index contributed by atoms with van der Waals surface area (Å²) in [6.45, 7) is 3.99. The maximum absolute atomic E-state index is 11.7. The first-order valence-corrected chi connectivity index (χ1v) is 5.80. The molecule has 1 aromatic carbocycles. The molecular weight excluding hydrogens is 234 g/mol. The molecule has 1 rings (SSSR count). The van der Waals surface area contributed by atoms with Gasteiger partial charge in [0.15, 0.2) is 5.69 Å². The molecule has 1 amide bonds. The Morgan fingerprint density at radius 3 is 2.44 bits per heavy atom. The van der Waals surface area contributed by atoms with Crippen molar-refractivity contribution in [2.75, 3.05) is 5.32 Å². The van der Waals surface area contributed by atoms with Crippen molar-refractivity contribution >= 4 is 17.3 Å². The van der Waals surface area contributed by atoms with E-state index in [1.807, 2.05) is 13.8 Å². The molecule has 0 saturated carbocycles. The summed E-state index contributed by atoms with van der Waals surface area (Å²) in [6, 6.07) is 5.41. The van der Waals surface area contributed by atoms with Crippen molar-refractivity contribution in [2.45, 2.75) is 26.3 Å². The second-order valence-corrected chi connectivity index (χ2v) is 4.61. The molecule has 5 N–H and O–H groups in total. The van der Waals surface area contributed by atoms with E-state index in [1.54, 1.807) is 12.1 Å². The van der Waals surface area contributed by atoms with Gasteiger partial charge in [0.2, 0.25) is 5.91 Å². The molecule has 0 bridgehead atoms. The number of nitrogens with one attached hydrogen (secondary N) is 2. The molecule has 0 aliphatic heterocycles. The predicted molar refractivity (Wildman–Crippen MR) is 68.3 cm³/mol. The van der Waals surface area contributed by atoms with Gasteiger partial charge in [-0.15, -0.1) is 0 Å². The Hall–Kier alpha value is -1.47. The second-order valence-electron chi connectivity index (χ2n) is 4.61. The molecule has 0 fully saturated rings. The van der Waals surface area contributed by atoms with Crippen LogP contribution in [0.5, 0.6) is 0 Å². The van der Waals surface area contributed by atoms with Gasteiger partial charge in [-0.1, -0.05) is 13.8 Å². The zero-order valence-corrected chi connectivity index (χ0v) is 10.5. The number of quaternary nitrogens is 1. The smallest absolute Gasteiger partial charge is 0.241 e. The van der Waals surface area contributed by atoms with Crippen molar-refractivity contribution < 1.29 is 15.2 Å². The summed E-state index contributed by atoms with van der Waals surface area (Å²) in [7, 11) is 0. The molecule has 1 aromatic rings. The average Bonchev–Trinajstić information content (AvgIpc) is 2.28. The topological polar surface area (TPSA) is 103 Å². The van der Waals surface area contributed by atoms with E-state index in [1.165, 1.54) is 12.1 Å². The first-order valence-electron chi connectivity index (χ1n) is 5.80. The van der Waals surface area contributed by atoms with Gasteiger partial charge in [-0.25, -0.2) is 5.21 Å². The Balaban J connectivity index is 2.59. The van der Waals surface area contributed by atoms with E-state index in [4.69, 9.17) is 10.9 Å². The van der Waals surface area contributed by atoms with Crippen LogP contribution in [0.2, 0.25) is 0 Å². The number of amides is 1. The summed E-state index contributed by atoms with van der Waals surface area (Å²) >= 11 is 0. The van der Waals surface area contributed by atoms with Crippen LogP contribution < -0.4 is 16.3 Å². The van der Waals surface area contributed by atoms with Gasteiger partial charge in [-0.2, -0.15) is 5.23 Å². The van der Waals surface area contributed by atoms with Gasteiger partial charge in [-0.05, 0) is 24.5 Å². The van der Waals surface area contributed by atoms with Gasteiger partial charge >= 0.3 is 0 Å². The third-order valence-electron chi connectivity index (χ3n) is 2.46. The fraction of sp³-hybridized carbons (Fsp3) is 0.417. The minimum Gasteiger partial charge on any atom is -0.595 e. The van der Waals surface area contributed by atoms with Crippen LogP contribution in [-0.2, 0) is 4.79 Å². The normalized spacial score (nSPS) is 14.3. The fourth-order valence-electron chi connectivity index (χ4n) is 1.55. The highest BCUT2D eigenvalue weighted by Gasteiger charge is 2.15. The van der Waals surface area contributed by atoms with Crippen LogP contribution in [0.4, 0.5) is 11.4 Å². The molecule has 0 aliphatic rings. The molecule has 2 atom stereocenters. The van der Waals surface area contributed by atoms with Gasteiger partial charge in [0, 0.05) is 17.8 Å². The lowest BCUT2D eigenvalue weighted by Crippen LogP contribution is -2.99. The molecule has 0 spiro atoms. The lowest BCUT2D eigenvalue weighted by atomic mass is 10.0. The van der Waals surface area contributed by atoms with Crippen LogP contribution in [-0.4, -0.2) is 17.2 Å². The summed E-state index contributed by atoms with van der Waals surface area (Å²) in [4.78, 5) is 11.7. The lowest BCUT2D eigenvalue weighted by molar-refractivity contribution is -0.991. The van der Waals surface area contributed by atoms with Crippen LogP contribution >= 0.6 is 0 Å². The highest BCUT2D eigenvalue weighted by molar-refractivity contribution is 5.94. The largest absolute Gasteiger partial charge is 0.595 e. The number of benzene rings is 1. The molecule has 6 heteroatoms. The van der Waals surface area contributed by atoms with Crippen LogP contribution in [0.15, 0.2) is 24.3 Å². The maximum atomic E-state index is 11.7. The first-order chi connectivity index (χ1) is 8.40. The van der Waals surface area contributed by atoms with Crippen LogP contribution in [0, 0.1) is 11.1 Å². The van der Waals surface area contributed by atoms with Crippen molar-refractivity contribution in [1.29, 1.82) is 0 Å². The van der Waals surface area contributed by atoms with Gasteiger partial charge in [-0.3, -0.25) is 4.79 Å². The monoisotopic (exact) mass is 253 g/mol. The van der Waals surface area contributed by atoms with Gasteiger partial charge in [0.1, 0.15) is 0 Å². The lowest BCUT2D eigenvalue weighted by Gasteiger charge is -2.15. The number of nitrogens with two attached hydrogens (primary N) is 1. The Morgan fingerprint density at radius 2 is 2.00 bits per heavy atom. The van der Waals surface area contributed by atoms with Gasteiger partial charge in [0.25, 0.3) is 0 Å². The summed E-state index contributed by atoms with van der Waals surface area (Å²) in [6.07, 6.45) is 0.610. The van der Waals surface area contributed by atoms with E-state index in [-0.39, 0.29) is 11.6 Å². The second kappa shape index (κ2) is 6.46. The van der Waals surface area contributed by atoms with Crippen molar-refractivity contribution in [3.8, 4) is 0 Å². The van der Waals surface area contributed by atoms with Crippen molar-refractivity contribution in [2.24, 2.45) is 11.7 Å². The van der Waals surface area contributed by atoms with Crippen molar-refractivity contribution in [3.63, 3.8) is 0 Å². The zero-order chi connectivity index (χ0) is 13.7. The molecule has 0 aromatic heterocycles. The molecule has 0 radical (unpaired) electrons.